The summed E-state index contributed by atoms with van der Waals surface area (Å²) in [7, 11) is 1.65. The molecule has 21 heavy (non-hydrogen) atoms. The Morgan fingerprint density at radius 2 is 1.71 bits per heavy atom. The zero-order valence-corrected chi connectivity index (χ0v) is 12.7. The van der Waals surface area contributed by atoms with Gasteiger partial charge >= 0.3 is 0 Å². The van der Waals surface area contributed by atoms with Gasteiger partial charge in [-0.05, 0) is 60.2 Å². The first-order valence-corrected chi connectivity index (χ1v) is 6.94. The van der Waals surface area contributed by atoms with Crippen LogP contribution in [-0.2, 0) is 6.42 Å². The van der Waals surface area contributed by atoms with Crippen LogP contribution in [0.2, 0.25) is 0 Å². The van der Waals surface area contributed by atoms with E-state index in [0.29, 0.717) is 0 Å². The third-order valence-electron chi connectivity index (χ3n) is 3.71. The normalized spacial score (nSPS) is 11.0. The van der Waals surface area contributed by atoms with Gasteiger partial charge in [-0.15, -0.1) is 0 Å². The van der Waals surface area contributed by atoms with E-state index in [1.54, 1.807) is 13.2 Å². The Bertz CT molecular complexity index is 670. The van der Waals surface area contributed by atoms with Crippen LogP contribution in [0.15, 0.2) is 48.5 Å². The fourth-order valence-electron chi connectivity index (χ4n) is 2.44. The Kier molecular flexibility index (Phi) is 4.79. The second kappa shape index (κ2) is 6.76. The molecule has 2 rings (SSSR count). The number of benzene rings is 2. The number of rotatable bonds is 4. The smallest absolute Gasteiger partial charge is 0.118 e. The summed E-state index contributed by atoms with van der Waals surface area (Å²) in [6.45, 7) is 4.22. The number of methoxy groups -OCH3 is 1. The molecule has 0 fully saturated rings. The van der Waals surface area contributed by atoms with Gasteiger partial charge in [-0.2, -0.15) is 5.26 Å². The minimum atomic E-state index is 0.762. The van der Waals surface area contributed by atoms with Crippen LogP contribution < -0.4 is 4.74 Å². The van der Waals surface area contributed by atoms with Crippen molar-refractivity contribution >= 4 is 5.57 Å². The number of hydrogen-bond acceptors (Lipinski definition) is 2. The third kappa shape index (κ3) is 3.52. The summed E-state index contributed by atoms with van der Waals surface area (Å²) in [5, 5.41) is 9.06. The number of allylic oxidation sites excluding steroid dienone is 2. The summed E-state index contributed by atoms with van der Waals surface area (Å²) in [6.07, 6.45) is 2.39. The summed E-state index contributed by atoms with van der Waals surface area (Å²) in [4.78, 5) is 0. The molecule has 0 aliphatic heterocycles. The molecule has 0 bridgehead atoms. The molecule has 0 heterocycles. The van der Waals surface area contributed by atoms with Crippen molar-refractivity contribution < 1.29 is 4.74 Å². The maximum atomic E-state index is 9.06. The summed E-state index contributed by atoms with van der Waals surface area (Å²) in [5.74, 6) is 0.821. The highest BCUT2D eigenvalue weighted by Crippen LogP contribution is 2.25. The van der Waals surface area contributed by atoms with Crippen LogP contribution >= 0.6 is 0 Å². The second-order valence-corrected chi connectivity index (χ2v) is 5.07. The van der Waals surface area contributed by atoms with Gasteiger partial charge in [0, 0.05) is 6.08 Å². The third-order valence-corrected chi connectivity index (χ3v) is 3.71. The highest BCUT2D eigenvalue weighted by atomic mass is 16.5. The van der Waals surface area contributed by atoms with Crippen molar-refractivity contribution in [3.8, 4) is 11.8 Å². The molecule has 0 radical (unpaired) electrons. The number of hydrogen-bond donors (Lipinski definition) is 0. The SMILES string of the molecule is COc1ccc(/C(=C/C#N)Cc2c(C)cccc2C)cc1. The molecule has 2 heteroatoms. The van der Waals surface area contributed by atoms with E-state index in [1.807, 2.05) is 24.3 Å². The van der Waals surface area contributed by atoms with E-state index in [1.165, 1.54) is 16.7 Å². The fraction of sp³-hybridized carbons (Fsp3) is 0.211. The molecule has 0 amide bonds. The van der Waals surface area contributed by atoms with Gasteiger partial charge in [0.05, 0.1) is 13.2 Å². The van der Waals surface area contributed by atoms with Crippen molar-refractivity contribution in [1.29, 1.82) is 5.26 Å². The average Bonchev–Trinajstić information content (AvgIpc) is 2.50. The first kappa shape index (κ1) is 14.9. The zero-order chi connectivity index (χ0) is 15.2. The molecule has 0 aromatic heterocycles. The summed E-state index contributed by atoms with van der Waals surface area (Å²) in [5.41, 5.74) is 5.88. The van der Waals surface area contributed by atoms with Crippen molar-refractivity contribution in [2.75, 3.05) is 7.11 Å². The van der Waals surface area contributed by atoms with E-state index in [0.717, 1.165) is 23.3 Å². The summed E-state index contributed by atoms with van der Waals surface area (Å²) < 4.78 is 5.18. The highest BCUT2D eigenvalue weighted by molar-refractivity contribution is 5.70. The largest absolute Gasteiger partial charge is 0.497 e. The molecule has 0 aliphatic carbocycles. The maximum absolute atomic E-state index is 9.06. The summed E-state index contributed by atoms with van der Waals surface area (Å²) >= 11 is 0. The molecule has 2 nitrogen and oxygen atoms in total. The van der Waals surface area contributed by atoms with Crippen molar-refractivity contribution in [2.45, 2.75) is 20.3 Å². The van der Waals surface area contributed by atoms with Crippen molar-refractivity contribution in [2.24, 2.45) is 0 Å². The zero-order valence-electron chi connectivity index (χ0n) is 12.7. The molecule has 0 N–H and O–H groups in total. The van der Waals surface area contributed by atoms with E-state index in [-0.39, 0.29) is 0 Å². The van der Waals surface area contributed by atoms with Gasteiger partial charge in [0.1, 0.15) is 5.75 Å². The van der Waals surface area contributed by atoms with Gasteiger partial charge in [0.15, 0.2) is 0 Å². The number of aryl methyl sites for hydroxylation is 2. The van der Waals surface area contributed by atoms with E-state index in [4.69, 9.17) is 10.00 Å². The van der Waals surface area contributed by atoms with Crippen LogP contribution in [0.3, 0.4) is 0 Å². The number of nitriles is 1. The van der Waals surface area contributed by atoms with Gasteiger partial charge in [0.25, 0.3) is 0 Å². The predicted molar refractivity (Wildman–Crippen MR) is 86.2 cm³/mol. The molecule has 0 unspecified atom stereocenters. The van der Waals surface area contributed by atoms with Crippen molar-refractivity contribution in [1.82, 2.24) is 0 Å². The van der Waals surface area contributed by atoms with Crippen LogP contribution in [0.1, 0.15) is 22.3 Å². The number of nitrogens with zero attached hydrogens (tertiary/aromatic N) is 1. The minimum Gasteiger partial charge on any atom is -0.497 e. The van der Waals surface area contributed by atoms with Crippen molar-refractivity contribution in [3.05, 3.63) is 70.8 Å². The van der Waals surface area contributed by atoms with Crippen LogP contribution in [0.25, 0.3) is 5.57 Å². The topological polar surface area (TPSA) is 33.0 Å². The standard InChI is InChI=1S/C19H19NO/c1-14-5-4-6-15(2)19(14)13-17(11-12-20)16-7-9-18(21-3)10-8-16/h4-11H,13H2,1-3H3/b17-11+. The van der Waals surface area contributed by atoms with E-state index in [2.05, 4.69) is 38.1 Å². The Morgan fingerprint density at radius 1 is 1.10 bits per heavy atom. The lowest BCUT2D eigenvalue weighted by Gasteiger charge is -2.12. The quantitative estimate of drug-likeness (QED) is 0.773. The van der Waals surface area contributed by atoms with E-state index >= 15 is 0 Å². The van der Waals surface area contributed by atoms with E-state index < -0.39 is 0 Å². The lowest BCUT2D eigenvalue weighted by atomic mass is 9.92. The minimum absolute atomic E-state index is 0.762. The van der Waals surface area contributed by atoms with Gasteiger partial charge in [-0.25, -0.2) is 0 Å². The molecule has 2 aromatic carbocycles. The average molecular weight is 277 g/mol. The molecule has 106 valence electrons. The molecule has 0 atom stereocenters. The number of ether oxygens (including phenoxy) is 1. The molecule has 0 spiro atoms. The van der Waals surface area contributed by atoms with Crippen LogP contribution in [0.4, 0.5) is 0 Å². The summed E-state index contributed by atoms with van der Waals surface area (Å²) in [6, 6.07) is 16.3. The Balaban J connectivity index is 2.36. The second-order valence-electron chi connectivity index (χ2n) is 5.07. The van der Waals surface area contributed by atoms with Crippen LogP contribution in [-0.4, -0.2) is 7.11 Å². The predicted octanol–water partition coefficient (Wildman–Crippen LogP) is 4.46. The van der Waals surface area contributed by atoms with Crippen LogP contribution in [0.5, 0.6) is 5.75 Å². The molecule has 0 aliphatic rings. The van der Waals surface area contributed by atoms with Crippen molar-refractivity contribution in [3.63, 3.8) is 0 Å². The monoisotopic (exact) mass is 277 g/mol. The Hall–Kier alpha value is -2.53. The molecular formula is C19H19NO. The van der Waals surface area contributed by atoms with E-state index in [9.17, 15) is 0 Å². The van der Waals surface area contributed by atoms with Gasteiger partial charge in [-0.3, -0.25) is 0 Å². The Morgan fingerprint density at radius 3 is 2.24 bits per heavy atom. The molecular weight excluding hydrogens is 258 g/mol. The molecule has 0 saturated carbocycles. The highest BCUT2D eigenvalue weighted by Gasteiger charge is 2.08. The molecule has 2 aromatic rings. The van der Waals surface area contributed by atoms with Gasteiger partial charge in [-0.1, -0.05) is 30.3 Å². The first-order valence-electron chi connectivity index (χ1n) is 6.94. The fourth-order valence-corrected chi connectivity index (χ4v) is 2.44. The lowest BCUT2D eigenvalue weighted by Crippen LogP contribution is -1.97. The lowest BCUT2D eigenvalue weighted by molar-refractivity contribution is 0.415. The molecule has 0 saturated heterocycles. The van der Waals surface area contributed by atoms with Gasteiger partial charge < -0.3 is 4.74 Å². The van der Waals surface area contributed by atoms with Crippen LogP contribution in [0, 0.1) is 25.2 Å². The maximum Gasteiger partial charge on any atom is 0.118 e. The first-order chi connectivity index (χ1) is 10.2. The van der Waals surface area contributed by atoms with Gasteiger partial charge in [0.2, 0.25) is 0 Å². The Labute approximate surface area is 126 Å².